The Bertz CT molecular complexity index is 1310. The zero-order valence-electron chi connectivity index (χ0n) is 18.4. The summed E-state index contributed by atoms with van der Waals surface area (Å²) in [6.45, 7) is 5.45. The summed E-state index contributed by atoms with van der Waals surface area (Å²) in [5, 5.41) is 8.64. The fraction of sp³-hybridized carbons (Fsp3) is 0.304. The van der Waals surface area contributed by atoms with Gasteiger partial charge in [-0.3, -0.25) is 9.48 Å². The highest BCUT2D eigenvalue weighted by Crippen LogP contribution is 2.36. The van der Waals surface area contributed by atoms with Gasteiger partial charge in [0.2, 0.25) is 5.91 Å². The highest BCUT2D eigenvalue weighted by molar-refractivity contribution is 5.91. The van der Waals surface area contributed by atoms with E-state index in [9.17, 15) is 4.79 Å². The predicted octanol–water partition coefficient (Wildman–Crippen LogP) is 2.89. The first-order chi connectivity index (χ1) is 16.0. The summed E-state index contributed by atoms with van der Waals surface area (Å²) in [7, 11) is 0. The zero-order chi connectivity index (χ0) is 22.9. The second kappa shape index (κ2) is 8.45. The van der Waals surface area contributed by atoms with Crippen LogP contribution in [0.1, 0.15) is 25.5 Å². The third kappa shape index (κ3) is 4.19. The quantitative estimate of drug-likeness (QED) is 0.397. The molecule has 10 nitrogen and oxygen atoms in total. The molecule has 33 heavy (non-hydrogen) atoms. The van der Waals surface area contributed by atoms with Crippen LogP contribution in [0.5, 0.6) is 11.5 Å². The maximum absolute atomic E-state index is 11.2. The molecule has 0 saturated carbocycles. The molecule has 0 saturated heterocycles. The Balaban J connectivity index is 1.46. The molecule has 1 amide bonds. The lowest BCUT2D eigenvalue weighted by Crippen LogP contribution is -2.19. The molecule has 0 spiro atoms. The Morgan fingerprint density at radius 2 is 2.03 bits per heavy atom. The molecule has 1 aromatic carbocycles. The van der Waals surface area contributed by atoms with E-state index in [-0.39, 0.29) is 18.5 Å². The van der Waals surface area contributed by atoms with Gasteiger partial charge in [0.05, 0.1) is 23.3 Å². The minimum absolute atomic E-state index is 0.00408. The van der Waals surface area contributed by atoms with Crippen molar-refractivity contribution in [3.05, 3.63) is 48.5 Å². The Morgan fingerprint density at radius 3 is 2.82 bits per heavy atom. The number of fused-ring (bicyclic) bond motifs is 2. The van der Waals surface area contributed by atoms with Crippen LogP contribution in [0.3, 0.4) is 0 Å². The average molecular weight is 447 g/mol. The van der Waals surface area contributed by atoms with Gasteiger partial charge in [0.15, 0.2) is 11.5 Å². The molecule has 4 aromatic rings. The van der Waals surface area contributed by atoms with Crippen molar-refractivity contribution in [1.82, 2.24) is 24.7 Å². The molecule has 4 N–H and O–H groups in total. The van der Waals surface area contributed by atoms with Crippen LogP contribution >= 0.6 is 0 Å². The van der Waals surface area contributed by atoms with E-state index in [2.05, 4.69) is 45.3 Å². The molecular weight excluding hydrogens is 422 g/mol. The number of carbonyl (C=O) groups excluding carboxylic acids is 1. The zero-order valence-corrected chi connectivity index (χ0v) is 18.4. The molecule has 3 aromatic heterocycles. The molecule has 1 atom stereocenters. The number of nitrogens with two attached hydrogens (primary N) is 1. The number of nitrogens with zero attached hydrogens (tertiary/aromatic N) is 4. The van der Waals surface area contributed by atoms with Gasteiger partial charge < -0.3 is 25.5 Å². The third-order valence-corrected chi connectivity index (χ3v) is 5.57. The highest BCUT2D eigenvalue weighted by Gasteiger charge is 2.21. The van der Waals surface area contributed by atoms with E-state index < -0.39 is 5.91 Å². The fourth-order valence-electron chi connectivity index (χ4n) is 3.99. The standard InChI is InChI=1S/C23H25N7O3/c1-13(2)21(14-3-4-18-19(7-14)33-6-5-32-18)29-23-16-8-17(28-22(16)25-12-26-23)15-9-27-30(10-15)11-20(24)31/h3-4,7-10,12-13,21H,5-6,11H2,1-2H3,(H2,24,31)(H2,25,26,28,29)/t21-/m0/s1. The van der Waals surface area contributed by atoms with E-state index in [4.69, 9.17) is 15.2 Å². The van der Waals surface area contributed by atoms with E-state index >= 15 is 0 Å². The van der Waals surface area contributed by atoms with Crippen LogP contribution in [0.2, 0.25) is 0 Å². The van der Waals surface area contributed by atoms with Crippen molar-refractivity contribution in [2.24, 2.45) is 11.7 Å². The van der Waals surface area contributed by atoms with Gasteiger partial charge in [0.25, 0.3) is 0 Å². The number of carbonyl (C=O) groups is 1. The molecule has 10 heteroatoms. The number of hydrogen-bond donors (Lipinski definition) is 3. The number of aromatic nitrogens is 5. The van der Waals surface area contributed by atoms with Gasteiger partial charge in [-0.2, -0.15) is 5.10 Å². The summed E-state index contributed by atoms with van der Waals surface area (Å²) < 4.78 is 12.9. The molecule has 4 heterocycles. The maximum atomic E-state index is 11.2. The first kappa shape index (κ1) is 20.8. The van der Waals surface area contributed by atoms with Gasteiger partial charge in [0, 0.05) is 11.8 Å². The Labute approximate surface area is 190 Å². The Hall–Kier alpha value is -4.08. The number of benzene rings is 1. The van der Waals surface area contributed by atoms with Crippen molar-refractivity contribution in [1.29, 1.82) is 0 Å². The molecule has 0 bridgehead atoms. The number of hydrogen-bond acceptors (Lipinski definition) is 7. The molecule has 0 fully saturated rings. The number of anilines is 1. The van der Waals surface area contributed by atoms with E-state index in [1.54, 1.807) is 12.4 Å². The summed E-state index contributed by atoms with van der Waals surface area (Å²) in [6.07, 6.45) is 4.98. The van der Waals surface area contributed by atoms with Crippen LogP contribution in [0.25, 0.3) is 22.3 Å². The summed E-state index contributed by atoms with van der Waals surface area (Å²) in [5.41, 5.74) is 8.70. The minimum Gasteiger partial charge on any atom is -0.486 e. The molecule has 1 aliphatic heterocycles. The SMILES string of the molecule is CC(C)[C@H](Nc1ncnc2[nH]c(-c3cnn(CC(N)=O)c3)cc12)c1ccc2c(c1)OCCO2. The molecule has 0 radical (unpaired) electrons. The number of rotatable bonds is 7. The van der Waals surface area contributed by atoms with Crippen molar-refractivity contribution >= 4 is 22.8 Å². The molecular formula is C23H25N7O3. The van der Waals surface area contributed by atoms with E-state index in [0.717, 1.165) is 39.5 Å². The second-order valence-corrected chi connectivity index (χ2v) is 8.33. The summed E-state index contributed by atoms with van der Waals surface area (Å²) in [5.74, 6) is 2.08. The normalized spacial score (nSPS) is 13.9. The molecule has 170 valence electrons. The van der Waals surface area contributed by atoms with E-state index in [0.29, 0.717) is 18.9 Å². The predicted molar refractivity (Wildman–Crippen MR) is 123 cm³/mol. The van der Waals surface area contributed by atoms with Crippen molar-refractivity contribution < 1.29 is 14.3 Å². The number of ether oxygens (including phenoxy) is 2. The van der Waals surface area contributed by atoms with Crippen LogP contribution in [-0.4, -0.2) is 43.9 Å². The van der Waals surface area contributed by atoms with Gasteiger partial charge in [-0.15, -0.1) is 0 Å². The first-order valence-corrected chi connectivity index (χ1v) is 10.8. The van der Waals surface area contributed by atoms with E-state index in [1.807, 2.05) is 18.2 Å². The summed E-state index contributed by atoms with van der Waals surface area (Å²) in [4.78, 5) is 23.4. The number of primary amides is 1. The number of nitrogens with one attached hydrogen (secondary N) is 2. The van der Waals surface area contributed by atoms with Crippen LogP contribution < -0.4 is 20.5 Å². The molecule has 1 aliphatic rings. The highest BCUT2D eigenvalue weighted by atomic mass is 16.6. The number of aromatic amines is 1. The summed E-state index contributed by atoms with van der Waals surface area (Å²) >= 11 is 0. The van der Waals surface area contributed by atoms with Crippen molar-refractivity contribution in [3.8, 4) is 22.8 Å². The molecule has 5 rings (SSSR count). The topological polar surface area (TPSA) is 133 Å². The monoisotopic (exact) mass is 447 g/mol. The lowest BCUT2D eigenvalue weighted by Gasteiger charge is -2.26. The van der Waals surface area contributed by atoms with E-state index in [1.165, 1.54) is 11.0 Å². The van der Waals surface area contributed by atoms with Crippen LogP contribution in [0.15, 0.2) is 43.0 Å². The van der Waals surface area contributed by atoms with Gasteiger partial charge in [-0.1, -0.05) is 19.9 Å². The van der Waals surface area contributed by atoms with Crippen LogP contribution in [0, 0.1) is 5.92 Å². The van der Waals surface area contributed by atoms with Gasteiger partial charge in [0.1, 0.15) is 37.6 Å². The Kier molecular flexibility index (Phi) is 5.33. The van der Waals surface area contributed by atoms with Crippen molar-refractivity contribution in [2.45, 2.75) is 26.4 Å². The van der Waals surface area contributed by atoms with Gasteiger partial charge in [-0.25, -0.2) is 9.97 Å². The van der Waals surface area contributed by atoms with Gasteiger partial charge in [-0.05, 0) is 29.7 Å². The summed E-state index contributed by atoms with van der Waals surface area (Å²) in [6, 6.07) is 8.01. The minimum atomic E-state index is -0.447. The maximum Gasteiger partial charge on any atom is 0.239 e. The van der Waals surface area contributed by atoms with Crippen molar-refractivity contribution in [3.63, 3.8) is 0 Å². The smallest absolute Gasteiger partial charge is 0.239 e. The first-order valence-electron chi connectivity index (χ1n) is 10.8. The van der Waals surface area contributed by atoms with Crippen molar-refractivity contribution in [2.75, 3.05) is 18.5 Å². The molecule has 0 unspecified atom stereocenters. The number of amides is 1. The average Bonchev–Trinajstić information content (AvgIpc) is 3.43. The largest absolute Gasteiger partial charge is 0.486 e. The van der Waals surface area contributed by atoms with Crippen LogP contribution in [-0.2, 0) is 11.3 Å². The second-order valence-electron chi connectivity index (χ2n) is 8.33. The lowest BCUT2D eigenvalue weighted by atomic mass is 9.95. The number of H-pyrrole nitrogens is 1. The third-order valence-electron chi connectivity index (χ3n) is 5.57. The molecule has 0 aliphatic carbocycles. The Morgan fingerprint density at radius 1 is 1.21 bits per heavy atom. The van der Waals surface area contributed by atoms with Crippen LogP contribution in [0.4, 0.5) is 5.82 Å². The fourth-order valence-corrected chi connectivity index (χ4v) is 3.99. The lowest BCUT2D eigenvalue weighted by molar-refractivity contribution is -0.118. The van der Waals surface area contributed by atoms with Gasteiger partial charge >= 0.3 is 0 Å².